The van der Waals surface area contributed by atoms with E-state index in [0.717, 1.165) is 29.3 Å². The molecular weight excluding hydrogens is 467 g/mol. The first-order valence-corrected chi connectivity index (χ1v) is 9.28. The van der Waals surface area contributed by atoms with Gasteiger partial charge in [0, 0.05) is 23.9 Å². The molecule has 0 fully saturated rings. The minimum Gasteiger partial charge on any atom is -0.443 e. The van der Waals surface area contributed by atoms with Crippen LogP contribution in [0.2, 0.25) is 0 Å². The second-order valence-corrected chi connectivity index (χ2v) is 7.54. The summed E-state index contributed by atoms with van der Waals surface area (Å²) in [5.74, 6) is 2.23. The zero-order chi connectivity index (χ0) is 19.4. The van der Waals surface area contributed by atoms with Crippen molar-refractivity contribution in [2.75, 3.05) is 6.54 Å². The summed E-state index contributed by atoms with van der Waals surface area (Å²) in [6.45, 7) is 12.2. The molecule has 3 aromatic heterocycles. The minimum atomic E-state index is -0.0505. The Bertz CT molecular complexity index is 938. The standard InChI is InChI=1S/C20H28N6O.HI/c1-6-21-19(24-12-18-22-11-16(27-18)20(3,4)5)23-10-15-13-26-14(2)8-7-9-17(26)25-15;/h7-9,11,13H,6,10,12H2,1-5H3,(H2,21,23,24);1H. The predicted molar refractivity (Wildman–Crippen MR) is 122 cm³/mol. The average Bonchev–Trinajstić information content (AvgIpc) is 3.24. The number of nitrogens with one attached hydrogen (secondary N) is 2. The number of halogens is 1. The average molecular weight is 496 g/mol. The first kappa shape index (κ1) is 22.2. The van der Waals surface area contributed by atoms with Crippen LogP contribution < -0.4 is 10.6 Å². The quantitative estimate of drug-likeness (QED) is 0.319. The van der Waals surface area contributed by atoms with Crippen LogP contribution >= 0.6 is 24.0 Å². The number of aryl methyl sites for hydroxylation is 1. The van der Waals surface area contributed by atoms with Gasteiger partial charge in [0.1, 0.15) is 11.4 Å². The van der Waals surface area contributed by atoms with Crippen LogP contribution in [-0.2, 0) is 18.5 Å². The number of imidazole rings is 1. The van der Waals surface area contributed by atoms with E-state index in [4.69, 9.17) is 4.42 Å². The highest BCUT2D eigenvalue weighted by Gasteiger charge is 2.19. The van der Waals surface area contributed by atoms with Crippen LogP contribution in [0.5, 0.6) is 0 Å². The molecule has 0 unspecified atom stereocenters. The van der Waals surface area contributed by atoms with Crippen LogP contribution in [0.25, 0.3) is 5.65 Å². The fourth-order valence-electron chi connectivity index (χ4n) is 2.67. The maximum absolute atomic E-state index is 5.82. The van der Waals surface area contributed by atoms with E-state index in [2.05, 4.69) is 63.8 Å². The van der Waals surface area contributed by atoms with Crippen molar-refractivity contribution in [3.63, 3.8) is 0 Å². The van der Waals surface area contributed by atoms with Crippen molar-refractivity contribution in [1.82, 2.24) is 25.0 Å². The molecule has 3 rings (SSSR count). The zero-order valence-corrected chi connectivity index (χ0v) is 19.4. The Balaban J connectivity index is 0.00000280. The molecule has 8 heteroatoms. The van der Waals surface area contributed by atoms with E-state index in [-0.39, 0.29) is 29.4 Å². The number of aromatic nitrogens is 3. The lowest BCUT2D eigenvalue weighted by molar-refractivity contribution is 0.379. The van der Waals surface area contributed by atoms with Crippen molar-refractivity contribution in [3.05, 3.63) is 53.6 Å². The molecule has 0 aliphatic carbocycles. The smallest absolute Gasteiger partial charge is 0.213 e. The number of hydrogen-bond acceptors (Lipinski definition) is 4. The number of rotatable bonds is 5. The predicted octanol–water partition coefficient (Wildman–Crippen LogP) is 3.80. The van der Waals surface area contributed by atoms with Crippen molar-refractivity contribution in [3.8, 4) is 0 Å². The summed E-state index contributed by atoms with van der Waals surface area (Å²) in [4.78, 5) is 13.6. The number of nitrogens with zero attached hydrogens (tertiary/aromatic N) is 4. The maximum atomic E-state index is 5.82. The summed E-state index contributed by atoms with van der Waals surface area (Å²) >= 11 is 0. The van der Waals surface area contributed by atoms with E-state index in [0.29, 0.717) is 24.9 Å². The molecule has 0 spiro atoms. The van der Waals surface area contributed by atoms with Gasteiger partial charge < -0.3 is 19.5 Å². The molecule has 0 saturated carbocycles. The molecule has 0 aliphatic heterocycles. The normalized spacial score (nSPS) is 12.1. The van der Waals surface area contributed by atoms with Crippen LogP contribution in [0, 0.1) is 6.92 Å². The van der Waals surface area contributed by atoms with Gasteiger partial charge in [-0.3, -0.25) is 0 Å². The van der Waals surface area contributed by atoms with E-state index in [1.165, 1.54) is 0 Å². The molecular formula is C20H29IN6O. The van der Waals surface area contributed by atoms with Gasteiger partial charge in [0.25, 0.3) is 0 Å². The minimum absolute atomic E-state index is 0. The summed E-state index contributed by atoms with van der Waals surface area (Å²) < 4.78 is 7.90. The molecule has 28 heavy (non-hydrogen) atoms. The van der Waals surface area contributed by atoms with E-state index in [1.807, 2.05) is 25.3 Å². The fourth-order valence-corrected chi connectivity index (χ4v) is 2.67. The number of hydrogen-bond donors (Lipinski definition) is 2. The zero-order valence-electron chi connectivity index (χ0n) is 17.1. The SMILES string of the molecule is CCNC(=NCc1cn2c(C)cccc2n1)NCc1ncc(C(C)(C)C)o1.I. The second-order valence-electron chi connectivity index (χ2n) is 7.54. The van der Waals surface area contributed by atoms with E-state index >= 15 is 0 Å². The lowest BCUT2D eigenvalue weighted by Crippen LogP contribution is -2.36. The third-order valence-corrected chi connectivity index (χ3v) is 4.19. The second kappa shape index (κ2) is 9.40. The van der Waals surface area contributed by atoms with Gasteiger partial charge in [-0.25, -0.2) is 15.0 Å². The number of fused-ring (bicyclic) bond motifs is 1. The number of oxazole rings is 1. The van der Waals surface area contributed by atoms with E-state index in [1.54, 1.807) is 6.20 Å². The van der Waals surface area contributed by atoms with Crippen LogP contribution in [0.3, 0.4) is 0 Å². The van der Waals surface area contributed by atoms with E-state index in [9.17, 15) is 0 Å². The van der Waals surface area contributed by atoms with Crippen molar-refractivity contribution in [2.24, 2.45) is 4.99 Å². The van der Waals surface area contributed by atoms with Crippen LogP contribution in [-0.4, -0.2) is 26.9 Å². The monoisotopic (exact) mass is 496 g/mol. The summed E-state index contributed by atoms with van der Waals surface area (Å²) in [5.41, 5.74) is 2.96. The van der Waals surface area contributed by atoms with Crippen molar-refractivity contribution in [2.45, 2.75) is 53.1 Å². The third kappa shape index (κ3) is 5.46. The van der Waals surface area contributed by atoms with Gasteiger partial charge in [0.2, 0.25) is 5.89 Å². The van der Waals surface area contributed by atoms with E-state index < -0.39 is 0 Å². The molecule has 0 radical (unpaired) electrons. The summed E-state index contributed by atoms with van der Waals surface area (Å²) in [7, 11) is 0. The van der Waals surface area contributed by atoms with Crippen molar-refractivity contribution >= 4 is 35.6 Å². The molecule has 152 valence electrons. The Morgan fingerprint density at radius 1 is 1.25 bits per heavy atom. The van der Waals surface area contributed by atoms with Crippen LogP contribution in [0.15, 0.2) is 40.0 Å². The third-order valence-electron chi connectivity index (χ3n) is 4.19. The number of pyridine rings is 1. The molecule has 0 aliphatic rings. The lowest BCUT2D eigenvalue weighted by Gasteiger charge is -2.13. The molecule has 0 aromatic carbocycles. The van der Waals surface area contributed by atoms with Gasteiger partial charge >= 0.3 is 0 Å². The molecule has 0 atom stereocenters. The highest BCUT2D eigenvalue weighted by Crippen LogP contribution is 2.22. The summed E-state index contributed by atoms with van der Waals surface area (Å²) in [5, 5.41) is 6.51. The van der Waals surface area contributed by atoms with Crippen molar-refractivity contribution in [1.29, 1.82) is 0 Å². The highest BCUT2D eigenvalue weighted by atomic mass is 127. The fraction of sp³-hybridized carbons (Fsp3) is 0.450. The molecule has 0 bridgehead atoms. The largest absolute Gasteiger partial charge is 0.443 e. The molecule has 2 N–H and O–H groups in total. The highest BCUT2D eigenvalue weighted by molar-refractivity contribution is 14.0. The summed E-state index contributed by atoms with van der Waals surface area (Å²) in [6.07, 6.45) is 3.82. The van der Waals surface area contributed by atoms with Gasteiger partial charge in [0.05, 0.1) is 25.0 Å². The molecule has 3 aromatic rings. The Hall–Kier alpha value is -2.10. The molecule has 0 amide bonds. The number of aliphatic imine (C=N–C) groups is 1. The van der Waals surface area contributed by atoms with Crippen LogP contribution in [0.4, 0.5) is 0 Å². The first-order valence-electron chi connectivity index (χ1n) is 9.28. The van der Waals surface area contributed by atoms with Gasteiger partial charge in [-0.1, -0.05) is 26.8 Å². The number of guanidine groups is 1. The van der Waals surface area contributed by atoms with Gasteiger partial charge in [-0.15, -0.1) is 24.0 Å². The van der Waals surface area contributed by atoms with Crippen LogP contribution in [0.1, 0.15) is 50.7 Å². The topological polar surface area (TPSA) is 79.8 Å². The molecule has 0 saturated heterocycles. The van der Waals surface area contributed by atoms with Gasteiger partial charge in [-0.2, -0.15) is 0 Å². The van der Waals surface area contributed by atoms with Gasteiger partial charge in [0.15, 0.2) is 5.96 Å². The summed E-state index contributed by atoms with van der Waals surface area (Å²) in [6, 6.07) is 6.08. The Labute approximate surface area is 183 Å². The molecule has 7 nitrogen and oxygen atoms in total. The maximum Gasteiger partial charge on any atom is 0.213 e. The molecule has 3 heterocycles. The first-order chi connectivity index (χ1) is 12.9. The van der Waals surface area contributed by atoms with Gasteiger partial charge in [-0.05, 0) is 26.0 Å². The Morgan fingerprint density at radius 3 is 2.68 bits per heavy atom. The Kier molecular flexibility index (Phi) is 7.45. The Morgan fingerprint density at radius 2 is 2.04 bits per heavy atom. The lowest BCUT2D eigenvalue weighted by atomic mass is 9.94. The van der Waals surface area contributed by atoms with Crippen molar-refractivity contribution < 1.29 is 4.42 Å².